The van der Waals surface area contributed by atoms with Gasteiger partial charge in [0.2, 0.25) is 0 Å². The summed E-state index contributed by atoms with van der Waals surface area (Å²) in [7, 11) is 1.30. The van der Waals surface area contributed by atoms with Gasteiger partial charge in [0.1, 0.15) is 11.5 Å². The summed E-state index contributed by atoms with van der Waals surface area (Å²) >= 11 is 1.27. The second-order valence-corrected chi connectivity index (χ2v) is 9.70. The maximum absolute atomic E-state index is 13.7. The monoisotopic (exact) mass is 494 g/mol. The molecule has 2 amide bonds. The molecule has 11 heteroatoms. The Morgan fingerprint density at radius 2 is 2.03 bits per heavy atom. The highest BCUT2D eigenvalue weighted by Crippen LogP contribution is 2.21. The number of aromatic nitrogens is 2. The van der Waals surface area contributed by atoms with Gasteiger partial charge in [-0.1, -0.05) is 13.8 Å². The Kier molecular flexibility index (Phi) is 9.91. The summed E-state index contributed by atoms with van der Waals surface area (Å²) in [6.07, 6.45) is 1.28. The molecule has 9 nitrogen and oxygen atoms in total. The van der Waals surface area contributed by atoms with E-state index in [0.717, 1.165) is 0 Å². The molecule has 0 saturated carbocycles. The van der Waals surface area contributed by atoms with E-state index < -0.39 is 29.2 Å². The molecule has 1 N–H and O–H groups in total. The molecule has 0 saturated heterocycles. The van der Waals surface area contributed by atoms with E-state index in [0.29, 0.717) is 11.4 Å². The van der Waals surface area contributed by atoms with Crippen molar-refractivity contribution in [2.75, 3.05) is 26.8 Å². The largest absolute Gasteiger partial charge is 0.469 e. The van der Waals surface area contributed by atoms with Crippen molar-refractivity contribution < 1.29 is 28.2 Å². The van der Waals surface area contributed by atoms with Gasteiger partial charge in [0.15, 0.2) is 0 Å². The molecule has 0 aromatic carbocycles. The number of pyridine rings is 1. The fourth-order valence-corrected chi connectivity index (χ4v) is 3.71. The summed E-state index contributed by atoms with van der Waals surface area (Å²) in [5, 5.41) is 4.82. The van der Waals surface area contributed by atoms with Crippen LogP contribution in [0.3, 0.4) is 0 Å². The predicted octanol–water partition coefficient (Wildman–Crippen LogP) is 3.44. The number of rotatable bonds is 11. The topological polar surface area (TPSA) is 111 Å². The number of hydrogen-bond donors (Lipinski definition) is 1. The number of nitrogens with one attached hydrogen (secondary N) is 1. The minimum Gasteiger partial charge on any atom is -0.469 e. The van der Waals surface area contributed by atoms with Crippen molar-refractivity contribution in [1.82, 2.24) is 20.2 Å². The van der Waals surface area contributed by atoms with Crippen molar-refractivity contribution >= 4 is 29.3 Å². The van der Waals surface area contributed by atoms with E-state index in [1.807, 2.05) is 13.8 Å². The van der Waals surface area contributed by atoms with E-state index in [2.05, 4.69) is 15.3 Å². The second kappa shape index (κ2) is 12.4. The number of esters is 1. The summed E-state index contributed by atoms with van der Waals surface area (Å²) < 4.78 is 23.9. The molecule has 0 radical (unpaired) electrons. The summed E-state index contributed by atoms with van der Waals surface area (Å²) in [5.41, 5.74) is -0.601. The van der Waals surface area contributed by atoms with Crippen LogP contribution in [0.4, 0.5) is 9.18 Å². The molecule has 186 valence electrons. The van der Waals surface area contributed by atoms with Crippen molar-refractivity contribution in [1.29, 1.82) is 0 Å². The van der Waals surface area contributed by atoms with Gasteiger partial charge in [0, 0.05) is 31.1 Å². The van der Waals surface area contributed by atoms with Crippen LogP contribution in [-0.2, 0) is 27.2 Å². The number of hydrogen-bond acceptors (Lipinski definition) is 8. The first-order chi connectivity index (χ1) is 16.0. The molecule has 0 fully saturated rings. The van der Waals surface area contributed by atoms with Crippen LogP contribution in [-0.4, -0.2) is 59.6 Å². The van der Waals surface area contributed by atoms with Crippen LogP contribution in [0.15, 0.2) is 23.7 Å². The van der Waals surface area contributed by atoms with Gasteiger partial charge in [-0.05, 0) is 31.9 Å². The molecule has 2 rings (SSSR count). The zero-order valence-corrected chi connectivity index (χ0v) is 20.9. The van der Waals surface area contributed by atoms with Crippen LogP contribution < -0.4 is 5.32 Å². The fraction of sp³-hybridized carbons (Fsp3) is 0.522. The maximum atomic E-state index is 13.7. The van der Waals surface area contributed by atoms with E-state index >= 15 is 0 Å². The highest BCUT2D eigenvalue weighted by molar-refractivity contribution is 7.09. The van der Waals surface area contributed by atoms with Gasteiger partial charge >= 0.3 is 12.1 Å². The minimum atomic E-state index is -0.930. The Labute approximate surface area is 202 Å². The Hall–Kier alpha value is -3.08. The standard InChI is InChI=1S/C23H31FN4O5S/c1-15(2)12-33-22(31)28(14-23(3,4)21(30)32-5)10-8-19-27-18(13-34-19)20(29)26-11-17-16(24)7-6-9-25-17/h6-7,9,13,15H,8,10-12,14H2,1-5H3,(H,26,29). The van der Waals surface area contributed by atoms with Crippen molar-refractivity contribution in [3.05, 3.63) is 45.9 Å². The Balaban J connectivity index is 2.01. The average Bonchev–Trinajstić information content (AvgIpc) is 3.28. The number of methoxy groups -OCH3 is 1. The SMILES string of the molecule is COC(=O)C(C)(C)CN(CCc1nc(C(=O)NCc2ncccc2F)cs1)C(=O)OCC(C)C. The first kappa shape index (κ1) is 27.2. The van der Waals surface area contributed by atoms with E-state index in [1.165, 1.54) is 41.7 Å². The molecule has 2 aromatic heterocycles. The molecular weight excluding hydrogens is 463 g/mol. The van der Waals surface area contributed by atoms with E-state index in [1.54, 1.807) is 19.2 Å². The number of carbonyl (C=O) groups excluding carboxylic acids is 3. The van der Waals surface area contributed by atoms with Gasteiger partial charge in [0.05, 0.1) is 36.4 Å². The molecule has 0 bridgehead atoms. The first-order valence-electron chi connectivity index (χ1n) is 10.9. The molecule has 0 spiro atoms. The van der Waals surface area contributed by atoms with Gasteiger partial charge < -0.3 is 19.7 Å². The van der Waals surface area contributed by atoms with Crippen molar-refractivity contribution in [3.63, 3.8) is 0 Å². The third kappa shape index (κ3) is 8.05. The lowest BCUT2D eigenvalue weighted by Crippen LogP contribution is -2.44. The van der Waals surface area contributed by atoms with Gasteiger partial charge in [-0.2, -0.15) is 0 Å². The molecule has 0 aliphatic heterocycles. The van der Waals surface area contributed by atoms with Crippen LogP contribution in [0.25, 0.3) is 0 Å². The molecule has 0 aliphatic rings. The summed E-state index contributed by atoms with van der Waals surface area (Å²) in [6, 6.07) is 2.75. The van der Waals surface area contributed by atoms with Crippen LogP contribution in [0.2, 0.25) is 0 Å². The summed E-state index contributed by atoms with van der Waals surface area (Å²) in [5.74, 6) is -1.22. The fourth-order valence-electron chi connectivity index (χ4n) is 2.95. The molecule has 2 heterocycles. The molecule has 0 aliphatic carbocycles. The number of nitrogens with zero attached hydrogens (tertiary/aromatic N) is 3. The number of amides is 2. The second-order valence-electron chi connectivity index (χ2n) is 8.76. The van der Waals surface area contributed by atoms with E-state index in [4.69, 9.17) is 9.47 Å². The Morgan fingerprint density at radius 3 is 2.68 bits per heavy atom. The quantitative estimate of drug-likeness (QED) is 0.476. The zero-order valence-electron chi connectivity index (χ0n) is 20.1. The molecular formula is C23H31FN4O5S. The first-order valence-corrected chi connectivity index (χ1v) is 11.7. The Bertz CT molecular complexity index is 995. The van der Waals surface area contributed by atoms with Gasteiger partial charge in [0.25, 0.3) is 5.91 Å². The van der Waals surface area contributed by atoms with Gasteiger partial charge in [-0.25, -0.2) is 14.2 Å². The van der Waals surface area contributed by atoms with Crippen molar-refractivity contribution in [3.8, 4) is 0 Å². The van der Waals surface area contributed by atoms with Crippen LogP contribution >= 0.6 is 11.3 Å². The number of ether oxygens (including phenoxy) is 2. The minimum absolute atomic E-state index is 0.0591. The highest BCUT2D eigenvalue weighted by atomic mass is 32.1. The lowest BCUT2D eigenvalue weighted by Gasteiger charge is -2.30. The third-order valence-corrected chi connectivity index (χ3v) is 5.66. The third-order valence-electron chi connectivity index (χ3n) is 4.75. The average molecular weight is 495 g/mol. The Morgan fingerprint density at radius 1 is 1.29 bits per heavy atom. The lowest BCUT2D eigenvalue weighted by molar-refractivity contribution is -0.151. The number of thiazole rings is 1. The van der Waals surface area contributed by atoms with Crippen molar-refractivity contribution in [2.45, 2.75) is 40.7 Å². The molecule has 2 aromatic rings. The summed E-state index contributed by atoms with van der Waals surface area (Å²) in [6.45, 7) is 7.79. The van der Waals surface area contributed by atoms with Crippen LogP contribution in [0, 0.1) is 17.2 Å². The maximum Gasteiger partial charge on any atom is 0.409 e. The van der Waals surface area contributed by atoms with E-state index in [9.17, 15) is 18.8 Å². The zero-order chi connectivity index (χ0) is 25.3. The number of carbonyl (C=O) groups is 3. The lowest BCUT2D eigenvalue weighted by atomic mass is 9.93. The number of halogens is 1. The summed E-state index contributed by atoms with van der Waals surface area (Å²) in [4.78, 5) is 46.8. The van der Waals surface area contributed by atoms with E-state index in [-0.39, 0.29) is 43.5 Å². The molecule has 34 heavy (non-hydrogen) atoms. The normalized spacial score (nSPS) is 11.3. The predicted molar refractivity (Wildman–Crippen MR) is 125 cm³/mol. The van der Waals surface area contributed by atoms with Crippen LogP contribution in [0.1, 0.15) is 48.9 Å². The van der Waals surface area contributed by atoms with Gasteiger partial charge in [-0.3, -0.25) is 14.6 Å². The highest BCUT2D eigenvalue weighted by Gasteiger charge is 2.33. The smallest absolute Gasteiger partial charge is 0.409 e. The van der Waals surface area contributed by atoms with Crippen LogP contribution in [0.5, 0.6) is 0 Å². The molecule has 0 atom stereocenters. The van der Waals surface area contributed by atoms with Crippen molar-refractivity contribution in [2.24, 2.45) is 11.3 Å². The molecule has 0 unspecified atom stereocenters. The van der Waals surface area contributed by atoms with Gasteiger partial charge in [-0.15, -0.1) is 11.3 Å².